The van der Waals surface area contributed by atoms with Crippen molar-refractivity contribution in [3.8, 4) is 45.6 Å². The summed E-state index contributed by atoms with van der Waals surface area (Å²) >= 11 is 0. The molecule has 12 heteroatoms. The number of hydrogen-bond acceptors (Lipinski definition) is 12. The lowest BCUT2D eigenvalue weighted by molar-refractivity contribution is -0.120. The highest BCUT2D eigenvalue weighted by molar-refractivity contribution is 6.11. The van der Waals surface area contributed by atoms with Crippen LogP contribution in [0.4, 0.5) is 0 Å². The van der Waals surface area contributed by atoms with E-state index in [1.807, 2.05) is 60.7 Å². The number of hydrogen-bond donors (Lipinski definition) is 0. The van der Waals surface area contributed by atoms with E-state index in [1.54, 1.807) is 133 Å². The van der Waals surface area contributed by atoms with E-state index < -0.39 is 23.9 Å². The van der Waals surface area contributed by atoms with Gasteiger partial charge in [-0.15, -0.1) is 0 Å². The van der Waals surface area contributed by atoms with E-state index in [0.717, 1.165) is 43.1 Å². The number of carbonyl (C=O) groups is 4. The zero-order valence-electron chi connectivity index (χ0n) is 42.6. The van der Waals surface area contributed by atoms with Gasteiger partial charge in [-0.05, 0) is 152 Å². The van der Waals surface area contributed by atoms with Crippen LogP contribution in [0.3, 0.4) is 0 Å². The van der Waals surface area contributed by atoms with Crippen LogP contribution in [-0.2, 0) is 9.47 Å². The van der Waals surface area contributed by atoms with E-state index in [1.165, 1.54) is 0 Å². The summed E-state index contributed by atoms with van der Waals surface area (Å²) in [4.78, 5) is 54.8. The minimum Gasteiger partial charge on any atom is -0.493 e. The molecule has 2 aliphatic rings. The normalized spacial score (nSPS) is 14.2. The van der Waals surface area contributed by atoms with Crippen LogP contribution >= 0.6 is 0 Å². The first-order valence-corrected chi connectivity index (χ1v) is 25.5. The summed E-state index contributed by atoms with van der Waals surface area (Å²) in [6, 6.07) is 57.2. The van der Waals surface area contributed by atoms with E-state index in [0.29, 0.717) is 96.0 Å². The van der Waals surface area contributed by atoms with E-state index in [9.17, 15) is 19.2 Å². The van der Waals surface area contributed by atoms with Crippen molar-refractivity contribution in [3.05, 3.63) is 216 Å². The molecule has 0 aliphatic carbocycles. The molecule has 0 atom stereocenters. The van der Waals surface area contributed by atoms with E-state index in [4.69, 9.17) is 37.9 Å². The van der Waals surface area contributed by atoms with Crippen LogP contribution in [0, 0.1) is 10.8 Å². The van der Waals surface area contributed by atoms with E-state index in [2.05, 4.69) is 13.8 Å². The molecule has 0 aromatic heterocycles. The maximum Gasteiger partial charge on any atom is 0.343 e. The molecule has 10 aromatic carbocycles. The molecule has 12 nitrogen and oxygen atoms in total. The van der Waals surface area contributed by atoms with Crippen molar-refractivity contribution in [2.45, 2.75) is 13.8 Å². The van der Waals surface area contributed by atoms with Gasteiger partial charge in [-0.2, -0.15) is 0 Å². The Morgan fingerprint density at radius 3 is 1.09 bits per heavy atom. The minimum absolute atomic E-state index is 0.00431. The number of fused-ring (bicyclic) bond motifs is 4. The van der Waals surface area contributed by atoms with Gasteiger partial charge in [0.2, 0.25) is 0 Å². The Morgan fingerprint density at radius 1 is 0.359 bits per heavy atom. The Kier molecular flexibility index (Phi) is 13.1. The number of esters is 4. The Morgan fingerprint density at radius 2 is 0.692 bits per heavy atom. The zero-order valence-corrected chi connectivity index (χ0v) is 42.6. The molecular weight excluding hydrogens is 985 g/mol. The highest BCUT2D eigenvalue weighted by atomic mass is 16.6. The quantitative estimate of drug-likeness (QED) is 0.0712. The second kappa shape index (κ2) is 20.6. The van der Waals surface area contributed by atoms with Crippen molar-refractivity contribution in [2.24, 2.45) is 10.8 Å². The zero-order chi connectivity index (χ0) is 53.4. The Balaban J connectivity index is 0.768. The SMILES string of the molecule is CC1(COc2ccc(C(=O)Oc3ccc4cc(C(=O)Oc5ccc6ccccc6c5-c5c(OC(=O)c6ccc7cc(OC(=O)c8ccc(OCC9(C)COC9)cc8)ccc7c6)ccc6ccccc56)ccc4c3)cc2)COC1. The molecule has 2 heterocycles. The number of benzene rings is 10. The van der Waals surface area contributed by atoms with Gasteiger partial charge < -0.3 is 37.9 Å². The van der Waals surface area contributed by atoms with Crippen LogP contribution in [0.25, 0.3) is 54.2 Å². The average Bonchev–Trinajstić information content (AvgIpc) is 3.48. The summed E-state index contributed by atoms with van der Waals surface area (Å²) in [6.45, 7) is 7.89. The summed E-state index contributed by atoms with van der Waals surface area (Å²) in [5, 5.41) is 6.24. The summed E-state index contributed by atoms with van der Waals surface area (Å²) in [7, 11) is 0. The lowest BCUT2D eigenvalue weighted by atomic mass is 9.90. The fourth-order valence-electron chi connectivity index (χ4n) is 9.62. The van der Waals surface area contributed by atoms with Gasteiger partial charge in [0.25, 0.3) is 0 Å². The van der Waals surface area contributed by atoms with Crippen molar-refractivity contribution < 1.29 is 57.1 Å². The standard InChI is InChI=1S/C66H50O12/c1-65(35-71-36-65)39-73-51-23-15-43(16-24-51)61(67)75-53-27-19-45-31-49(13-11-47(45)33-53)63(69)77-57-29-21-41-7-3-5-9-55(41)59(57)60-56-10-6-4-8-42(56)22-30-58(60)78-64(70)50-14-12-48-34-54(28-20-46(48)32-50)76-62(68)44-17-25-52(26-18-44)74-40-66(2)37-72-38-66/h3-34H,35-40H2,1-2H3. The maximum atomic E-state index is 14.3. The molecule has 0 radical (unpaired) electrons. The molecular formula is C66H50O12. The Hall–Kier alpha value is -9.36. The fourth-order valence-corrected chi connectivity index (χ4v) is 9.62. The maximum absolute atomic E-state index is 14.3. The topological polar surface area (TPSA) is 142 Å². The van der Waals surface area contributed by atoms with Gasteiger partial charge in [0.15, 0.2) is 0 Å². The van der Waals surface area contributed by atoms with Crippen LogP contribution in [0.5, 0.6) is 34.5 Å². The Labute approximate surface area is 448 Å². The van der Waals surface area contributed by atoms with Crippen molar-refractivity contribution in [3.63, 3.8) is 0 Å². The van der Waals surface area contributed by atoms with Crippen LogP contribution in [-0.4, -0.2) is 63.5 Å². The van der Waals surface area contributed by atoms with Crippen LogP contribution in [0.15, 0.2) is 194 Å². The van der Waals surface area contributed by atoms with Crippen LogP contribution < -0.4 is 28.4 Å². The van der Waals surface area contributed by atoms with Gasteiger partial charge in [-0.25, -0.2) is 19.2 Å². The van der Waals surface area contributed by atoms with Gasteiger partial charge in [-0.1, -0.05) is 98.8 Å². The minimum atomic E-state index is -0.608. The van der Waals surface area contributed by atoms with Crippen molar-refractivity contribution >= 4 is 67.0 Å². The third kappa shape index (κ3) is 10.3. The first-order valence-electron chi connectivity index (χ1n) is 25.5. The average molecular weight is 1040 g/mol. The molecule has 78 heavy (non-hydrogen) atoms. The highest BCUT2D eigenvalue weighted by Crippen LogP contribution is 2.46. The van der Waals surface area contributed by atoms with Crippen LogP contribution in [0.2, 0.25) is 0 Å². The molecule has 2 aliphatic heterocycles. The smallest absolute Gasteiger partial charge is 0.343 e. The monoisotopic (exact) mass is 1030 g/mol. The molecule has 0 unspecified atom stereocenters. The first-order chi connectivity index (χ1) is 37.9. The molecule has 0 N–H and O–H groups in total. The number of carbonyl (C=O) groups excluding carboxylic acids is 4. The van der Waals surface area contributed by atoms with Gasteiger partial charge in [0.05, 0.1) is 61.9 Å². The molecule has 0 amide bonds. The summed E-state index contributed by atoms with van der Waals surface area (Å²) in [5.41, 5.74) is 2.45. The largest absolute Gasteiger partial charge is 0.493 e. The van der Waals surface area contributed by atoms with Crippen molar-refractivity contribution in [1.29, 1.82) is 0 Å². The van der Waals surface area contributed by atoms with Crippen molar-refractivity contribution in [1.82, 2.24) is 0 Å². The molecule has 2 saturated heterocycles. The van der Waals surface area contributed by atoms with Crippen molar-refractivity contribution in [2.75, 3.05) is 39.6 Å². The second-order valence-corrected chi connectivity index (χ2v) is 20.6. The lowest BCUT2D eigenvalue weighted by Gasteiger charge is -2.37. The summed E-state index contributed by atoms with van der Waals surface area (Å²) in [6.07, 6.45) is 0. The summed E-state index contributed by atoms with van der Waals surface area (Å²) < 4.78 is 46.6. The third-order valence-electron chi connectivity index (χ3n) is 14.1. The van der Waals surface area contributed by atoms with Gasteiger partial charge in [-0.3, -0.25) is 0 Å². The fraction of sp³-hybridized carbons (Fsp3) is 0.152. The Bertz CT molecular complexity index is 3730. The molecule has 2 fully saturated rings. The lowest BCUT2D eigenvalue weighted by Crippen LogP contribution is -2.44. The summed E-state index contributed by atoms with van der Waals surface area (Å²) in [5.74, 6) is 0.274. The van der Waals surface area contributed by atoms with Gasteiger partial charge in [0, 0.05) is 22.0 Å². The molecule has 0 spiro atoms. The second-order valence-electron chi connectivity index (χ2n) is 20.6. The first kappa shape index (κ1) is 49.5. The van der Waals surface area contributed by atoms with Crippen LogP contribution in [0.1, 0.15) is 55.3 Å². The highest BCUT2D eigenvalue weighted by Gasteiger charge is 2.35. The van der Waals surface area contributed by atoms with Gasteiger partial charge >= 0.3 is 23.9 Å². The molecule has 10 aromatic rings. The predicted molar refractivity (Wildman–Crippen MR) is 296 cm³/mol. The molecule has 12 rings (SSSR count). The van der Waals surface area contributed by atoms with Gasteiger partial charge in [0.1, 0.15) is 34.5 Å². The van der Waals surface area contributed by atoms with E-state index in [-0.39, 0.29) is 22.3 Å². The number of rotatable bonds is 15. The molecule has 0 bridgehead atoms. The molecule has 0 saturated carbocycles. The predicted octanol–water partition coefficient (Wildman–Crippen LogP) is 13.7. The number of ether oxygens (including phenoxy) is 8. The van der Waals surface area contributed by atoms with E-state index >= 15 is 0 Å². The molecule has 386 valence electrons. The third-order valence-corrected chi connectivity index (χ3v) is 14.1.